The summed E-state index contributed by atoms with van der Waals surface area (Å²) in [6, 6.07) is 8.72. The van der Waals surface area contributed by atoms with E-state index >= 15 is 0 Å². The van der Waals surface area contributed by atoms with Gasteiger partial charge in [0.05, 0.1) is 12.7 Å². The average molecular weight is 259 g/mol. The summed E-state index contributed by atoms with van der Waals surface area (Å²) in [5, 5.41) is 3.63. The quantitative estimate of drug-likeness (QED) is 0.895. The molecule has 1 N–H and O–H groups in total. The van der Waals surface area contributed by atoms with Crippen LogP contribution in [0.1, 0.15) is 43.4 Å². The van der Waals surface area contributed by atoms with Crippen molar-refractivity contribution < 1.29 is 4.74 Å². The maximum absolute atomic E-state index is 5.93. The molecule has 0 bridgehead atoms. The minimum atomic E-state index is 0.253. The molecule has 1 aromatic rings. The van der Waals surface area contributed by atoms with E-state index in [0.717, 1.165) is 38.0 Å². The molecule has 19 heavy (non-hydrogen) atoms. The summed E-state index contributed by atoms with van der Waals surface area (Å²) in [5.74, 6) is 1.81. The second-order valence-electron chi connectivity index (χ2n) is 6.25. The second-order valence-corrected chi connectivity index (χ2v) is 6.25. The van der Waals surface area contributed by atoms with Crippen molar-refractivity contribution in [2.75, 3.05) is 19.7 Å². The van der Waals surface area contributed by atoms with E-state index in [2.05, 4.69) is 36.5 Å². The summed E-state index contributed by atoms with van der Waals surface area (Å²) >= 11 is 0. The maximum Gasteiger partial charge on any atom is 0.0952 e. The minimum absolute atomic E-state index is 0.253. The Morgan fingerprint density at radius 1 is 1.21 bits per heavy atom. The molecule has 104 valence electrons. The Morgan fingerprint density at radius 3 is 2.95 bits per heavy atom. The van der Waals surface area contributed by atoms with Crippen LogP contribution in [0.15, 0.2) is 24.3 Å². The lowest BCUT2D eigenvalue weighted by Gasteiger charge is -2.26. The Labute approximate surface area is 116 Å². The van der Waals surface area contributed by atoms with Gasteiger partial charge in [-0.2, -0.15) is 0 Å². The third-order valence-electron chi connectivity index (χ3n) is 4.66. The van der Waals surface area contributed by atoms with Crippen LogP contribution in [0.3, 0.4) is 0 Å². The number of rotatable bonds is 4. The number of ether oxygens (including phenoxy) is 1. The molecule has 0 amide bonds. The average Bonchev–Trinajstić information content (AvgIpc) is 2.85. The highest BCUT2D eigenvalue weighted by molar-refractivity contribution is 5.31. The first-order chi connectivity index (χ1) is 9.33. The monoisotopic (exact) mass is 259 g/mol. The van der Waals surface area contributed by atoms with Crippen LogP contribution in [0.5, 0.6) is 0 Å². The van der Waals surface area contributed by atoms with E-state index in [4.69, 9.17) is 4.74 Å². The van der Waals surface area contributed by atoms with E-state index in [0.29, 0.717) is 0 Å². The van der Waals surface area contributed by atoms with Gasteiger partial charge < -0.3 is 10.1 Å². The Morgan fingerprint density at radius 2 is 2.11 bits per heavy atom. The van der Waals surface area contributed by atoms with Crippen molar-refractivity contribution in [1.82, 2.24) is 5.32 Å². The Kier molecular flexibility index (Phi) is 4.19. The number of benzene rings is 1. The summed E-state index contributed by atoms with van der Waals surface area (Å²) in [7, 11) is 0. The van der Waals surface area contributed by atoms with Gasteiger partial charge in [-0.15, -0.1) is 0 Å². The summed E-state index contributed by atoms with van der Waals surface area (Å²) in [4.78, 5) is 0. The number of nitrogens with one attached hydrogen (secondary N) is 1. The highest BCUT2D eigenvalue weighted by Crippen LogP contribution is 2.30. The lowest BCUT2D eigenvalue weighted by molar-refractivity contribution is 0.0420. The van der Waals surface area contributed by atoms with Crippen LogP contribution in [0.4, 0.5) is 0 Å². The molecular weight excluding hydrogens is 234 g/mol. The van der Waals surface area contributed by atoms with Crippen LogP contribution in [0, 0.1) is 11.8 Å². The molecule has 1 fully saturated rings. The SMILES string of the molecule is CC1CCC(CNCC2OCCc3ccccc32)C1. The molecule has 0 aromatic heterocycles. The van der Waals surface area contributed by atoms with Crippen molar-refractivity contribution in [1.29, 1.82) is 0 Å². The van der Waals surface area contributed by atoms with E-state index in [1.807, 2.05) is 0 Å². The van der Waals surface area contributed by atoms with Crippen LogP contribution in [0.2, 0.25) is 0 Å². The molecule has 3 atom stereocenters. The van der Waals surface area contributed by atoms with Crippen LogP contribution in [0.25, 0.3) is 0 Å². The normalized spacial score (nSPS) is 30.3. The molecule has 1 heterocycles. The zero-order valence-corrected chi connectivity index (χ0v) is 11.9. The van der Waals surface area contributed by atoms with Gasteiger partial charge >= 0.3 is 0 Å². The fraction of sp³-hybridized carbons (Fsp3) is 0.647. The lowest BCUT2D eigenvalue weighted by Crippen LogP contribution is -2.30. The van der Waals surface area contributed by atoms with E-state index in [1.165, 1.54) is 30.4 Å². The lowest BCUT2D eigenvalue weighted by atomic mass is 9.97. The number of fused-ring (bicyclic) bond motifs is 1. The van der Waals surface area contributed by atoms with E-state index in [-0.39, 0.29) is 6.10 Å². The van der Waals surface area contributed by atoms with Gasteiger partial charge in [-0.05, 0) is 48.8 Å². The van der Waals surface area contributed by atoms with Gasteiger partial charge in [-0.25, -0.2) is 0 Å². The Bertz CT molecular complexity index is 417. The molecule has 0 radical (unpaired) electrons. The summed E-state index contributed by atoms with van der Waals surface area (Å²) in [5.41, 5.74) is 2.86. The van der Waals surface area contributed by atoms with Gasteiger partial charge in [-0.1, -0.05) is 37.6 Å². The first-order valence-corrected chi connectivity index (χ1v) is 7.73. The van der Waals surface area contributed by atoms with Crippen LogP contribution < -0.4 is 5.32 Å². The molecule has 1 aliphatic carbocycles. The van der Waals surface area contributed by atoms with Crippen molar-refractivity contribution >= 4 is 0 Å². The van der Waals surface area contributed by atoms with Crippen molar-refractivity contribution in [2.24, 2.45) is 11.8 Å². The van der Waals surface area contributed by atoms with Gasteiger partial charge in [0.15, 0.2) is 0 Å². The van der Waals surface area contributed by atoms with Gasteiger partial charge in [0.25, 0.3) is 0 Å². The molecule has 1 aromatic carbocycles. The van der Waals surface area contributed by atoms with E-state index < -0.39 is 0 Å². The standard InChI is InChI=1S/C17H25NO/c1-13-6-7-14(10-13)11-18-12-17-16-5-3-2-4-15(16)8-9-19-17/h2-5,13-14,17-18H,6-12H2,1H3. The van der Waals surface area contributed by atoms with E-state index in [1.54, 1.807) is 0 Å². The highest BCUT2D eigenvalue weighted by Gasteiger charge is 2.23. The summed E-state index contributed by atoms with van der Waals surface area (Å²) in [6.45, 7) is 5.36. The topological polar surface area (TPSA) is 21.3 Å². The molecule has 0 saturated heterocycles. The first-order valence-electron chi connectivity index (χ1n) is 7.73. The first kappa shape index (κ1) is 13.1. The predicted molar refractivity (Wildman–Crippen MR) is 78.2 cm³/mol. The molecule has 3 rings (SSSR count). The van der Waals surface area contributed by atoms with Crippen molar-refractivity contribution in [3.05, 3.63) is 35.4 Å². The predicted octanol–water partition coefficient (Wildman–Crippen LogP) is 3.33. The van der Waals surface area contributed by atoms with Crippen molar-refractivity contribution in [2.45, 2.75) is 38.7 Å². The zero-order valence-electron chi connectivity index (χ0n) is 11.9. The molecule has 0 spiro atoms. The summed E-state index contributed by atoms with van der Waals surface area (Å²) in [6.07, 6.45) is 5.52. The third-order valence-corrected chi connectivity index (χ3v) is 4.66. The van der Waals surface area contributed by atoms with Crippen LogP contribution in [-0.2, 0) is 11.2 Å². The molecule has 1 aliphatic heterocycles. The van der Waals surface area contributed by atoms with Crippen molar-refractivity contribution in [3.8, 4) is 0 Å². The minimum Gasteiger partial charge on any atom is -0.372 e. The van der Waals surface area contributed by atoms with Gasteiger partial charge in [0.2, 0.25) is 0 Å². The Balaban J connectivity index is 1.51. The zero-order chi connectivity index (χ0) is 13.1. The maximum atomic E-state index is 5.93. The fourth-order valence-corrected chi connectivity index (χ4v) is 3.57. The fourth-order valence-electron chi connectivity index (χ4n) is 3.57. The molecule has 2 aliphatic rings. The number of hydrogen-bond donors (Lipinski definition) is 1. The molecule has 2 heteroatoms. The molecular formula is C17H25NO. The smallest absolute Gasteiger partial charge is 0.0952 e. The van der Waals surface area contributed by atoms with Gasteiger partial charge in [0, 0.05) is 6.54 Å². The molecule has 2 nitrogen and oxygen atoms in total. The Hall–Kier alpha value is -0.860. The van der Waals surface area contributed by atoms with Crippen LogP contribution in [-0.4, -0.2) is 19.7 Å². The number of hydrogen-bond acceptors (Lipinski definition) is 2. The second kappa shape index (κ2) is 6.06. The summed E-state index contributed by atoms with van der Waals surface area (Å²) < 4.78 is 5.93. The highest BCUT2D eigenvalue weighted by atomic mass is 16.5. The van der Waals surface area contributed by atoms with Gasteiger partial charge in [-0.3, -0.25) is 0 Å². The van der Waals surface area contributed by atoms with E-state index in [9.17, 15) is 0 Å². The largest absolute Gasteiger partial charge is 0.372 e. The molecule has 3 unspecified atom stereocenters. The van der Waals surface area contributed by atoms with Crippen LogP contribution >= 0.6 is 0 Å². The molecule has 1 saturated carbocycles. The third kappa shape index (κ3) is 3.18. The van der Waals surface area contributed by atoms with Gasteiger partial charge in [0.1, 0.15) is 0 Å². The van der Waals surface area contributed by atoms with Crippen molar-refractivity contribution in [3.63, 3.8) is 0 Å².